The summed E-state index contributed by atoms with van der Waals surface area (Å²) in [6.45, 7) is 5.02. The summed E-state index contributed by atoms with van der Waals surface area (Å²) in [5, 5.41) is 5.60. The first-order valence-electron chi connectivity index (χ1n) is 7.92. The molecule has 0 saturated carbocycles. The third-order valence-electron chi connectivity index (χ3n) is 3.49. The number of benzene rings is 2. The van der Waals surface area contributed by atoms with Gasteiger partial charge >= 0.3 is 12.0 Å². The summed E-state index contributed by atoms with van der Waals surface area (Å²) in [5.74, 6) is -0.340. The predicted molar refractivity (Wildman–Crippen MR) is 92.7 cm³/mol. The van der Waals surface area contributed by atoms with Gasteiger partial charge in [0.05, 0.1) is 12.2 Å². The fourth-order valence-electron chi connectivity index (χ4n) is 2.11. The van der Waals surface area contributed by atoms with Crippen molar-refractivity contribution < 1.29 is 14.3 Å². The van der Waals surface area contributed by atoms with Crippen LogP contribution >= 0.6 is 0 Å². The average molecular weight is 326 g/mol. The van der Waals surface area contributed by atoms with Gasteiger partial charge in [-0.15, -0.1) is 0 Å². The number of rotatable bonds is 6. The number of ether oxygens (including phenoxy) is 1. The van der Waals surface area contributed by atoms with E-state index in [2.05, 4.69) is 10.6 Å². The molecule has 2 aromatic carbocycles. The van der Waals surface area contributed by atoms with E-state index < -0.39 is 0 Å². The van der Waals surface area contributed by atoms with E-state index in [1.54, 1.807) is 31.2 Å². The maximum atomic E-state index is 11.8. The molecule has 0 radical (unpaired) electrons. The fraction of sp³-hybridized carbons (Fsp3) is 0.263. The molecule has 0 aromatic heterocycles. The molecule has 2 amide bonds. The minimum absolute atomic E-state index is 0.231. The molecule has 0 atom stereocenters. The number of nitrogens with one attached hydrogen (secondary N) is 2. The zero-order valence-electron chi connectivity index (χ0n) is 14.0. The van der Waals surface area contributed by atoms with Crippen LogP contribution in [0.5, 0.6) is 0 Å². The lowest BCUT2D eigenvalue weighted by atomic mass is 10.1. The second-order valence-corrected chi connectivity index (χ2v) is 5.44. The lowest BCUT2D eigenvalue weighted by Crippen LogP contribution is -2.34. The van der Waals surface area contributed by atoms with Crippen molar-refractivity contribution in [2.24, 2.45) is 0 Å². The van der Waals surface area contributed by atoms with E-state index in [1.165, 1.54) is 5.56 Å². The van der Waals surface area contributed by atoms with Gasteiger partial charge in [-0.1, -0.05) is 42.0 Å². The van der Waals surface area contributed by atoms with E-state index in [0.29, 0.717) is 25.3 Å². The van der Waals surface area contributed by atoms with E-state index in [0.717, 1.165) is 11.1 Å². The smallest absolute Gasteiger partial charge is 0.338 e. The summed E-state index contributed by atoms with van der Waals surface area (Å²) < 4.78 is 4.93. The van der Waals surface area contributed by atoms with Crippen molar-refractivity contribution in [3.63, 3.8) is 0 Å². The summed E-state index contributed by atoms with van der Waals surface area (Å²) in [6, 6.07) is 14.8. The second kappa shape index (κ2) is 8.72. The van der Waals surface area contributed by atoms with Crippen LogP contribution in [0.15, 0.2) is 48.5 Å². The second-order valence-electron chi connectivity index (χ2n) is 5.44. The molecule has 126 valence electrons. The molecule has 0 bridgehead atoms. The Hall–Kier alpha value is -2.82. The lowest BCUT2D eigenvalue weighted by molar-refractivity contribution is 0.0526. The van der Waals surface area contributed by atoms with Gasteiger partial charge < -0.3 is 15.4 Å². The molecule has 0 heterocycles. The molecule has 5 heteroatoms. The summed E-state index contributed by atoms with van der Waals surface area (Å²) in [5.41, 5.74) is 3.65. The van der Waals surface area contributed by atoms with E-state index in [1.807, 2.05) is 31.2 Å². The van der Waals surface area contributed by atoms with Gasteiger partial charge in [-0.2, -0.15) is 0 Å². The largest absolute Gasteiger partial charge is 0.462 e. The number of urea groups is 1. The monoisotopic (exact) mass is 326 g/mol. The summed E-state index contributed by atoms with van der Waals surface area (Å²) >= 11 is 0. The quantitative estimate of drug-likeness (QED) is 0.801. The van der Waals surface area contributed by atoms with Gasteiger partial charge in [0.25, 0.3) is 0 Å². The number of carbonyl (C=O) groups excluding carboxylic acids is 2. The highest BCUT2D eigenvalue weighted by Crippen LogP contribution is 2.06. The molecule has 24 heavy (non-hydrogen) atoms. The van der Waals surface area contributed by atoms with Gasteiger partial charge in [0.15, 0.2) is 0 Å². The number of hydrogen-bond donors (Lipinski definition) is 2. The molecule has 0 spiro atoms. The third kappa shape index (κ3) is 5.43. The molecular weight excluding hydrogens is 304 g/mol. The van der Waals surface area contributed by atoms with Gasteiger partial charge in [0.1, 0.15) is 0 Å². The maximum absolute atomic E-state index is 11.8. The van der Waals surface area contributed by atoms with Crippen LogP contribution in [0, 0.1) is 6.92 Å². The Bertz CT molecular complexity index is 679. The van der Waals surface area contributed by atoms with Gasteiger partial charge in [-0.05, 0) is 37.1 Å². The zero-order chi connectivity index (χ0) is 17.4. The highest BCUT2D eigenvalue weighted by atomic mass is 16.5. The molecule has 2 aromatic rings. The molecule has 0 aliphatic heterocycles. The van der Waals surface area contributed by atoms with Gasteiger partial charge in [-0.3, -0.25) is 0 Å². The van der Waals surface area contributed by atoms with Crippen molar-refractivity contribution in [3.05, 3.63) is 70.8 Å². The van der Waals surface area contributed by atoms with Gasteiger partial charge in [0, 0.05) is 13.1 Å². The normalized spacial score (nSPS) is 10.1. The third-order valence-corrected chi connectivity index (χ3v) is 3.49. The van der Waals surface area contributed by atoms with Crippen LogP contribution in [0.3, 0.4) is 0 Å². The SMILES string of the molecule is CCOC(=O)c1ccc(CNC(=O)NCc2ccc(C)cc2)cc1. The average Bonchev–Trinajstić information content (AvgIpc) is 2.60. The van der Waals surface area contributed by atoms with E-state index in [4.69, 9.17) is 4.74 Å². The van der Waals surface area contributed by atoms with Crippen molar-refractivity contribution >= 4 is 12.0 Å². The fourth-order valence-corrected chi connectivity index (χ4v) is 2.11. The zero-order valence-corrected chi connectivity index (χ0v) is 14.0. The van der Waals surface area contributed by atoms with E-state index in [-0.39, 0.29) is 12.0 Å². The Kier molecular flexibility index (Phi) is 6.37. The topological polar surface area (TPSA) is 67.4 Å². The van der Waals surface area contributed by atoms with Crippen LogP contribution in [0.4, 0.5) is 4.79 Å². The molecule has 0 fully saturated rings. The van der Waals surface area contributed by atoms with Crippen molar-refractivity contribution in [1.29, 1.82) is 0 Å². The highest BCUT2D eigenvalue weighted by Gasteiger charge is 2.06. The predicted octanol–water partition coefficient (Wildman–Crippen LogP) is 3.17. The molecule has 0 unspecified atom stereocenters. The van der Waals surface area contributed by atoms with Crippen molar-refractivity contribution in [2.75, 3.05) is 6.61 Å². The number of carbonyl (C=O) groups is 2. The minimum Gasteiger partial charge on any atom is -0.462 e. The Balaban J connectivity index is 1.77. The summed E-state index contributed by atoms with van der Waals surface area (Å²) in [7, 11) is 0. The van der Waals surface area contributed by atoms with Crippen LogP contribution < -0.4 is 10.6 Å². The van der Waals surface area contributed by atoms with Crippen molar-refractivity contribution in [3.8, 4) is 0 Å². The van der Waals surface area contributed by atoms with Crippen LogP contribution in [-0.2, 0) is 17.8 Å². The summed E-state index contributed by atoms with van der Waals surface area (Å²) in [6.07, 6.45) is 0. The van der Waals surface area contributed by atoms with Crippen LogP contribution in [0.2, 0.25) is 0 Å². The van der Waals surface area contributed by atoms with Crippen LogP contribution in [0.1, 0.15) is 34.0 Å². The van der Waals surface area contributed by atoms with Crippen LogP contribution in [0.25, 0.3) is 0 Å². The van der Waals surface area contributed by atoms with E-state index >= 15 is 0 Å². The number of hydrogen-bond acceptors (Lipinski definition) is 3. The minimum atomic E-state index is -0.340. The Labute approximate surface area is 142 Å². The van der Waals surface area contributed by atoms with Crippen LogP contribution in [-0.4, -0.2) is 18.6 Å². The standard InChI is InChI=1S/C19H22N2O3/c1-3-24-18(22)17-10-8-16(9-11-17)13-21-19(23)20-12-15-6-4-14(2)5-7-15/h4-11H,3,12-13H2,1-2H3,(H2,20,21,23). The highest BCUT2D eigenvalue weighted by molar-refractivity contribution is 5.89. The first-order chi connectivity index (χ1) is 11.6. The van der Waals surface area contributed by atoms with Gasteiger partial charge in [0.2, 0.25) is 0 Å². The Morgan fingerprint density at radius 3 is 1.88 bits per heavy atom. The Morgan fingerprint density at radius 1 is 0.875 bits per heavy atom. The number of esters is 1. The van der Waals surface area contributed by atoms with E-state index in [9.17, 15) is 9.59 Å². The molecule has 0 saturated heterocycles. The Morgan fingerprint density at radius 2 is 1.38 bits per heavy atom. The van der Waals surface area contributed by atoms with Crippen molar-refractivity contribution in [2.45, 2.75) is 26.9 Å². The molecule has 2 N–H and O–H groups in total. The molecule has 2 rings (SSSR count). The maximum Gasteiger partial charge on any atom is 0.338 e. The van der Waals surface area contributed by atoms with Crippen molar-refractivity contribution in [1.82, 2.24) is 10.6 Å². The molecule has 0 aliphatic rings. The molecule has 5 nitrogen and oxygen atoms in total. The lowest BCUT2D eigenvalue weighted by Gasteiger charge is -2.08. The number of aryl methyl sites for hydroxylation is 1. The molecular formula is C19H22N2O3. The molecule has 0 aliphatic carbocycles. The number of amides is 2. The first kappa shape index (κ1) is 17.5. The summed E-state index contributed by atoms with van der Waals surface area (Å²) in [4.78, 5) is 23.4. The first-order valence-corrected chi connectivity index (χ1v) is 7.92. The van der Waals surface area contributed by atoms with Gasteiger partial charge in [-0.25, -0.2) is 9.59 Å².